The first kappa shape index (κ1) is 9.65. The zero-order chi connectivity index (χ0) is 10.3. The third kappa shape index (κ3) is 1.54. The quantitative estimate of drug-likeness (QED) is 0.709. The molecule has 1 aliphatic heterocycles. The number of nitrogens with one attached hydrogen (secondary N) is 1. The van der Waals surface area contributed by atoms with Gasteiger partial charge in [-0.1, -0.05) is 11.6 Å². The first-order chi connectivity index (χ1) is 6.48. The van der Waals surface area contributed by atoms with Gasteiger partial charge in [-0.15, -0.1) is 0 Å². The van der Waals surface area contributed by atoms with Crippen molar-refractivity contribution in [2.24, 2.45) is 0 Å². The standard InChI is InChI=1S/C9H7ClF3N/c10-7-3-5-1-2-14-8(5)4-6(7)9(11,12)13/h3-4,14H,1-2H2. The zero-order valence-corrected chi connectivity index (χ0v) is 7.84. The molecule has 1 nitrogen and oxygen atoms in total. The fourth-order valence-electron chi connectivity index (χ4n) is 1.53. The van der Waals surface area contributed by atoms with E-state index in [1.807, 2.05) is 0 Å². The average molecular weight is 222 g/mol. The van der Waals surface area contributed by atoms with Crippen LogP contribution in [0.5, 0.6) is 0 Å². The van der Waals surface area contributed by atoms with Crippen LogP contribution in [-0.4, -0.2) is 6.54 Å². The Hall–Kier alpha value is -0.900. The van der Waals surface area contributed by atoms with E-state index in [9.17, 15) is 13.2 Å². The van der Waals surface area contributed by atoms with Gasteiger partial charge in [0.05, 0.1) is 10.6 Å². The van der Waals surface area contributed by atoms with Crippen molar-refractivity contribution >= 4 is 17.3 Å². The second kappa shape index (κ2) is 3.05. The van der Waals surface area contributed by atoms with Crippen LogP contribution < -0.4 is 5.32 Å². The fourth-order valence-corrected chi connectivity index (χ4v) is 1.83. The third-order valence-corrected chi connectivity index (χ3v) is 2.52. The van der Waals surface area contributed by atoms with E-state index in [1.54, 1.807) is 0 Å². The van der Waals surface area contributed by atoms with Gasteiger partial charge in [0.2, 0.25) is 0 Å². The highest BCUT2D eigenvalue weighted by Crippen LogP contribution is 2.38. The highest BCUT2D eigenvalue weighted by Gasteiger charge is 2.34. The molecule has 0 unspecified atom stereocenters. The Kier molecular flexibility index (Phi) is 2.10. The Morgan fingerprint density at radius 2 is 2.00 bits per heavy atom. The van der Waals surface area contributed by atoms with Crippen molar-refractivity contribution < 1.29 is 13.2 Å². The molecule has 0 atom stereocenters. The molecule has 1 heterocycles. The molecule has 1 aromatic carbocycles. The summed E-state index contributed by atoms with van der Waals surface area (Å²) in [5.74, 6) is 0. The average Bonchev–Trinajstić information content (AvgIpc) is 2.47. The topological polar surface area (TPSA) is 12.0 Å². The molecule has 5 heteroatoms. The molecule has 0 bridgehead atoms. The number of fused-ring (bicyclic) bond motifs is 1. The van der Waals surface area contributed by atoms with E-state index in [1.165, 1.54) is 6.07 Å². The lowest BCUT2D eigenvalue weighted by atomic mass is 10.1. The minimum absolute atomic E-state index is 0.222. The predicted molar refractivity (Wildman–Crippen MR) is 48.6 cm³/mol. The molecule has 0 saturated heterocycles. The summed E-state index contributed by atoms with van der Waals surface area (Å²) in [5.41, 5.74) is 0.622. The van der Waals surface area contributed by atoms with Gasteiger partial charge in [0.25, 0.3) is 0 Å². The molecule has 0 aliphatic carbocycles. The van der Waals surface area contributed by atoms with Crippen LogP contribution in [-0.2, 0) is 12.6 Å². The lowest BCUT2D eigenvalue weighted by molar-refractivity contribution is -0.137. The number of hydrogen-bond acceptors (Lipinski definition) is 1. The summed E-state index contributed by atoms with van der Waals surface area (Å²) in [6.45, 7) is 0.674. The molecular weight excluding hydrogens is 215 g/mol. The molecule has 0 radical (unpaired) electrons. The fraction of sp³-hybridized carbons (Fsp3) is 0.333. The van der Waals surface area contributed by atoms with E-state index in [4.69, 9.17) is 11.6 Å². The van der Waals surface area contributed by atoms with Gasteiger partial charge in [-0.2, -0.15) is 13.2 Å². The number of alkyl halides is 3. The molecule has 0 saturated carbocycles. The second-order valence-electron chi connectivity index (χ2n) is 3.16. The Labute approximate surface area is 83.9 Å². The lowest BCUT2D eigenvalue weighted by Crippen LogP contribution is -2.06. The largest absolute Gasteiger partial charge is 0.417 e. The van der Waals surface area contributed by atoms with Crippen molar-refractivity contribution in [2.45, 2.75) is 12.6 Å². The van der Waals surface area contributed by atoms with Crippen LogP contribution in [0.4, 0.5) is 18.9 Å². The maximum atomic E-state index is 12.4. The van der Waals surface area contributed by atoms with Crippen molar-refractivity contribution in [1.29, 1.82) is 0 Å². The molecule has 76 valence electrons. The van der Waals surface area contributed by atoms with Gasteiger partial charge in [-0.3, -0.25) is 0 Å². The van der Waals surface area contributed by atoms with Gasteiger partial charge in [0, 0.05) is 12.2 Å². The maximum Gasteiger partial charge on any atom is 0.417 e. The smallest absolute Gasteiger partial charge is 0.384 e. The molecule has 2 rings (SSSR count). The highest BCUT2D eigenvalue weighted by atomic mass is 35.5. The summed E-state index contributed by atoms with van der Waals surface area (Å²) in [6.07, 6.45) is -3.65. The number of rotatable bonds is 0. The van der Waals surface area contributed by atoms with E-state index in [0.29, 0.717) is 12.2 Å². The van der Waals surface area contributed by atoms with Crippen LogP contribution in [0.3, 0.4) is 0 Å². The van der Waals surface area contributed by atoms with Crippen LogP contribution in [0.15, 0.2) is 12.1 Å². The van der Waals surface area contributed by atoms with Crippen LogP contribution in [0.2, 0.25) is 5.02 Å². The van der Waals surface area contributed by atoms with E-state index in [2.05, 4.69) is 5.32 Å². The SMILES string of the molecule is FC(F)(F)c1cc2c(cc1Cl)CCN2. The summed E-state index contributed by atoms with van der Waals surface area (Å²) in [7, 11) is 0. The highest BCUT2D eigenvalue weighted by molar-refractivity contribution is 6.31. The molecule has 1 N–H and O–H groups in total. The molecule has 14 heavy (non-hydrogen) atoms. The Morgan fingerprint density at radius 1 is 1.29 bits per heavy atom. The van der Waals surface area contributed by atoms with Gasteiger partial charge in [-0.25, -0.2) is 0 Å². The van der Waals surface area contributed by atoms with Crippen molar-refractivity contribution in [1.82, 2.24) is 0 Å². The van der Waals surface area contributed by atoms with Crippen molar-refractivity contribution in [3.63, 3.8) is 0 Å². The second-order valence-corrected chi connectivity index (χ2v) is 3.57. The van der Waals surface area contributed by atoms with Crippen LogP contribution in [0, 0.1) is 0 Å². The monoisotopic (exact) mass is 221 g/mol. The van der Waals surface area contributed by atoms with E-state index >= 15 is 0 Å². The number of benzene rings is 1. The van der Waals surface area contributed by atoms with E-state index in [0.717, 1.165) is 18.1 Å². The summed E-state index contributed by atoms with van der Waals surface area (Å²) < 4.78 is 37.2. The molecule has 0 fully saturated rings. The predicted octanol–water partition coefficient (Wildman–Crippen LogP) is 3.33. The minimum Gasteiger partial charge on any atom is -0.384 e. The van der Waals surface area contributed by atoms with Gasteiger partial charge in [0.15, 0.2) is 0 Å². The summed E-state index contributed by atoms with van der Waals surface area (Å²) in [6, 6.07) is 2.46. The van der Waals surface area contributed by atoms with Crippen LogP contribution in [0.1, 0.15) is 11.1 Å². The maximum absolute atomic E-state index is 12.4. The van der Waals surface area contributed by atoms with Gasteiger partial charge in [-0.05, 0) is 24.1 Å². The van der Waals surface area contributed by atoms with Crippen molar-refractivity contribution in [2.75, 3.05) is 11.9 Å². The zero-order valence-electron chi connectivity index (χ0n) is 7.08. The Morgan fingerprint density at radius 3 is 2.64 bits per heavy atom. The van der Waals surface area contributed by atoms with E-state index < -0.39 is 11.7 Å². The summed E-state index contributed by atoms with van der Waals surface area (Å²) >= 11 is 5.54. The summed E-state index contributed by atoms with van der Waals surface area (Å²) in [5, 5.41) is 2.66. The normalized spacial score (nSPS) is 15.1. The molecule has 0 amide bonds. The minimum atomic E-state index is -4.38. The molecular formula is C9H7ClF3N. The first-order valence-electron chi connectivity index (χ1n) is 4.12. The lowest BCUT2D eigenvalue weighted by Gasteiger charge is -2.10. The van der Waals surface area contributed by atoms with Crippen molar-refractivity contribution in [3.8, 4) is 0 Å². The van der Waals surface area contributed by atoms with Crippen LogP contribution in [0.25, 0.3) is 0 Å². The first-order valence-corrected chi connectivity index (χ1v) is 4.50. The molecule has 1 aromatic rings. The third-order valence-electron chi connectivity index (χ3n) is 2.21. The Balaban J connectivity index is 2.53. The van der Waals surface area contributed by atoms with Gasteiger partial charge in [0.1, 0.15) is 0 Å². The molecule has 0 spiro atoms. The van der Waals surface area contributed by atoms with E-state index in [-0.39, 0.29) is 5.02 Å². The number of hydrogen-bond donors (Lipinski definition) is 1. The Bertz CT molecular complexity index is 373. The van der Waals surface area contributed by atoms with Crippen molar-refractivity contribution in [3.05, 3.63) is 28.3 Å². The molecule has 1 aliphatic rings. The number of halogens is 4. The van der Waals surface area contributed by atoms with Gasteiger partial charge >= 0.3 is 6.18 Å². The van der Waals surface area contributed by atoms with Crippen LogP contribution >= 0.6 is 11.6 Å². The molecule has 0 aromatic heterocycles. The number of anilines is 1. The van der Waals surface area contributed by atoms with Gasteiger partial charge < -0.3 is 5.32 Å². The summed E-state index contributed by atoms with van der Waals surface area (Å²) in [4.78, 5) is 0.